The smallest absolute Gasteiger partial charge is 0.129 e. The molecule has 3 nitrogen and oxygen atoms in total. The SMILES string of the molecule is CN(C)CCN1Cc2ccc(Cl)nc2C1. The minimum Gasteiger partial charge on any atom is -0.308 e. The van der Waals surface area contributed by atoms with E-state index in [0.29, 0.717) is 5.15 Å². The second kappa shape index (κ2) is 4.47. The Kier molecular flexibility index (Phi) is 3.24. The van der Waals surface area contributed by atoms with Crippen molar-refractivity contribution in [2.75, 3.05) is 27.2 Å². The van der Waals surface area contributed by atoms with Gasteiger partial charge in [-0.05, 0) is 25.7 Å². The lowest BCUT2D eigenvalue weighted by Gasteiger charge is -2.17. The molecule has 0 unspecified atom stereocenters. The maximum atomic E-state index is 5.86. The Morgan fingerprint density at radius 2 is 2.20 bits per heavy atom. The predicted octanol–water partition coefficient (Wildman–Crippen LogP) is 1.61. The molecule has 0 N–H and O–H groups in total. The number of likely N-dealkylation sites (N-methyl/N-ethyl adjacent to an activating group) is 1. The van der Waals surface area contributed by atoms with Gasteiger partial charge in [-0.3, -0.25) is 4.90 Å². The van der Waals surface area contributed by atoms with Crippen molar-refractivity contribution in [1.82, 2.24) is 14.8 Å². The van der Waals surface area contributed by atoms with E-state index in [-0.39, 0.29) is 0 Å². The maximum Gasteiger partial charge on any atom is 0.129 e. The molecule has 15 heavy (non-hydrogen) atoms. The van der Waals surface area contributed by atoms with Crippen LogP contribution in [0.15, 0.2) is 12.1 Å². The van der Waals surface area contributed by atoms with Crippen molar-refractivity contribution in [3.63, 3.8) is 0 Å². The first-order valence-electron chi connectivity index (χ1n) is 5.16. The van der Waals surface area contributed by atoms with Gasteiger partial charge in [0.05, 0.1) is 5.69 Å². The van der Waals surface area contributed by atoms with E-state index in [1.807, 2.05) is 6.07 Å². The molecule has 1 aliphatic rings. The highest BCUT2D eigenvalue weighted by Crippen LogP contribution is 2.22. The van der Waals surface area contributed by atoms with Crippen LogP contribution in [0.2, 0.25) is 5.15 Å². The summed E-state index contributed by atoms with van der Waals surface area (Å²) >= 11 is 5.86. The molecule has 2 heterocycles. The summed E-state index contributed by atoms with van der Waals surface area (Å²) in [7, 11) is 4.19. The molecule has 0 atom stereocenters. The van der Waals surface area contributed by atoms with E-state index >= 15 is 0 Å². The molecule has 0 spiro atoms. The van der Waals surface area contributed by atoms with Gasteiger partial charge in [0, 0.05) is 26.2 Å². The van der Waals surface area contributed by atoms with E-state index in [1.54, 1.807) is 0 Å². The summed E-state index contributed by atoms with van der Waals surface area (Å²) in [5, 5.41) is 0.600. The van der Waals surface area contributed by atoms with Crippen LogP contribution in [0.4, 0.5) is 0 Å². The lowest BCUT2D eigenvalue weighted by molar-refractivity contribution is 0.245. The molecule has 2 rings (SSSR count). The Balaban J connectivity index is 1.97. The zero-order chi connectivity index (χ0) is 10.8. The number of nitrogens with zero attached hydrogens (tertiary/aromatic N) is 3. The van der Waals surface area contributed by atoms with E-state index < -0.39 is 0 Å². The van der Waals surface area contributed by atoms with Gasteiger partial charge in [0.1, 0.15) is 5.15 Å². The molecule has 1 aromatic rings. The number of aromatic nitrogens is 1. The highest BCUT2D eigenvalue weighted by atomic mass is 35.5. The van der Waals surface area contributed by atoms with Gasteiger partial charge in [0.15, 0.2) is 0 Å². The standard InChI is InChI=1S/C11H16ClN3/c1-14(2)5-6-15-7-9-3-4-11(12)13-10(9)8-15/h3-4H,5-8H2,1-2H3. The van der Waals surface area contributed by atoms with Crippen LogP contribution in [0, 0.1) is 0 Å². The lowest BCUT2D eigenvalue weighted by Crippen LogP contribution is -2.27. The zero-order valence-electron chi connectivity index (χ0n) is 9.20. The van der Waals surface area contributed by atoms with Gasteiger partial charge in [0.2, 0.25) is 0 Å². The quantitative estimate of drug-likeness (QED) is 0.729. The van der Waals surface area contributed by atoms with Gasteiger partial charge < -0.3 is 4.90 Å². The zero-order valence-corrected chi connectivity index (χ0v) is 9.96. The highest BCUT2D eigenvalue weighted by Gasteiger charge is 2.19. The van der Waals surface area contributed by atoms with Gasteiger partial charge in [-0.1, -0.05) is 17.7 Å². The first-order chi connectivity index (χ1) is 7.15. The fourth-order valence-electron chi connectivity index (χ4n) is 1.79. The molecule has 1 aromatic heterocycles. The third kappa shape index (κ3) is 2.68. The van der Waals surface area contributed by atoms with Gasteiger partial charge in [0.25, 0.3) is 0 Å². The van der Waals surface area contributed by atoms with Crippen LogP contribution in [-0.2, 0) is 13.1 Å². The number of rotatable bonds is 3. The molecule has 1 aliphatic heterocycles. The number of hydrogen-bond acceptors (Lipinski definition) is 3. The molecule has 0 bridgehead atoms. The summed E-state index contributed by atoms with van der Waals surface area (Å²) in [6.07, 6.45) is 0. The normalized spacial score (nSPS) is 16.0. The molecule has 0 amide bonds. The average Bonchev–Trinajstić information content (AvgIpc) is 2.56. The summed E-state index contributed by atoms with van der Waals surface area (Å²) in [4.78, 5) is 8.94. The van der Waals surface area contributed by atoms with Crippen molar-refractivity contribution in [1.29, 1.82) is 0 Å². The first-order valence-corrected chi connectivity index (χ1v) is 5.54. The highest BCUT2D eigenvalue weighted by molar-refractivity contribution is 6.29. The van der Waals surface area contributed by atoms with Crippen LogP contribution < -0.4 is 0 Å². The van der Waals surface area contributed by atoms with Crippen LogP contribution in [0.1, 0.15) is 11.3 Å². The third-order valence-electron chi connectivity index (χ3n) is 2.67. The Labute approximate surface area is 95.7 Å². The predicted molar refractivity (Wildman–Crippen MR) is 61.9 cm³/mol. The molecule has 0 aromatic carbocycles. The van der Waals surface area contributed by atoms with Crippen LogP contribution in [-0.4, -0.2) is 42.0 Å². The molecule has 0 aliphatic carbocycles. The Hall–Kier alpha value is -0.640. The van der Waals surface area contributed by atoms with Crippen molar-refractivity contribution in [3.05, 3.63) is 28.5 Å². The van der Waals surface area contributed by atoms with E-state index in [2.05, 4.69) is 34.9 Å². The number of fused-ring (bicyclic) bond motifs is 1. The summed E-state index contributed by atoms with van der Waals surface area (Å²) in [5.74, 6) is 0. The third-order valence-corrected chi connectivity index (χ3v) is 2.88. The minimum absolute atomic E-state index is 0.600. The molecule has 0 saturated carbocycles. The molecular formula is C11H16ClN3. The van der Waals surface area contributed by atoms with Crippen molar-refractivity contribution in [2.45, 2.75) is 13.1 Å². The van der Waals surface area contributed by atoms with E-state index in [1.165, 1.54) is 5.56 Å². The Morgan fingerprint density at radius 3 is 2.93 bits per heavy atom. The summed E-state index contributed by atoms with van der Waals surface area (Å²) in [6, 6.07) is 3.95. The van der Waals surface area contributed by atoms with Crippen LogP contribution in [0.5, 0.6) is 0 Å². The number of hydrogen-bond donors (Lipinski definition) is 0. The van der Waals surface area contributed by atoms with Gasteiger partial charge in [-0.25, -0.2) is 4.98 Å². The average molecular weight is 226 g/mol. The fraction of sp³-hybridized carbons (Fsp3) is 0.545. The second-order valence-electron chi connectivity index (χ2n) is 4.25. The topological polar surface area (TPSA) is 19.4 Å². The molecule has 0 fully saturated rings. The monoisotopic (exact) mass is 225 g/mol. The first kappa shape index (κ1) is 10.9. The number of halogens is 1. The van der Waals surface area contributed by atoms with E-state index in [0.717, 1.165) is 31.9 Å². The van der Waals surface area contributed by atoms with Crippen molar-refractivity contribution in [2.24, 2.45) is 0 Å². The fourth-order valence-corrected chi connectivity index (χ4v) is 1.96. The second-order valence-corrected chi connectivity index (χ2v) is 4.64. The summed E-state index contributed by atoms with van der Waals surface area (Å²) in [5.41, 5.74) is 2.46. The molecule has 4 heteroatoms. The summed E-state index contributed by atoms with van der Waals surface area (Å²) in [6.45, 7) is 4.11. The van der Waals surface area contributed by atoms with Crippen molar-refractivity contribution < 1.29 is 0 Å². The van der Waals surface area contributed by atoms with Crippen molar-refractivity contribution in [3.8, 4) is 0 Å². The maximum absolute atomic E-state index is 5.86. The van der Waals surface area contributed by atoms with Gasteiger partial charge in [-0.2, -0.15) is 0 Å². The molecule has 82 valence electrons. The van der Waals surface area contributed by atoms with E-state index in [9.17, 15) is 0 Å². The van der Waals surface area contributed by atoms with Crippen molar-refractivity contribution >= 4 is 11.6 Å². The molecular weight excluding hydrogens is 210 g/mol. The minimum atomic E-state index is 0.600. The van der Waals surface area contributed by atoms with Crippen LogP contribution in [0.3, 0.4) is 0 Å². The van der Waals surface area contributed by atoms with Gasteiger partial charge >= 0.3 is 0 Å². The van der Waals surface area contributed by atoms with E-state index in [4.69, 9.17) is 11.6 Å². The Morgan fingerprint density at radius 1 is 1.40 bits per heavy atom. The lowest BCUT2D eigenvalue weighted by atomic mass is 10.2. The molecule has 0 saturated heterocycles. The Bertz CT molecular complexity index is 352. The summed E-state index contributed by atoms with van der Waals surface area (Å²) < 4.78 is 0. The van der Waals surface area contributed by atoms with Crippen LogP contribution in [0.25, 0.3) is 0 Å². The van der Waals surface area contributed by atoms with Crippen LogP contribution >= 0.6 is 11.6 Å². The number of pyridine rings is 1. The van der Waals surface area contributed by atoms with Gasteiger partial charge in [-0.15, -0.1) is 0 Å². The molecule has 0 radical (unpaired) electrons. The largest absolute Gasteiger partial charge is 0.308 e.